The molecule has 0 fully saturated rings. The Bertz CT molecular complexity index is 907. The van der Waals surface area contributed by atoms with E-state index in [9.17, 15) is 23.1 Å². The van der Waals surface area contributed by atoms with Crippen molar-refractivity contribution in [1.29, 1.82) is 0 Å². The van der Waals surface area contributed by atoms with E-state index in [1.165, 1.54) is 29.7 Å². The number of hydrogen-bond acceptors (Lipinski definition) is 4. The number of rotatable bonds is 5. The van der Waals surface area contributed by atoms with Crippen molar-refractivity contribution in [2.75, 3.05) is 11.9 Å². The first-order valence-electron chi connectivity index (χ1n) is 7.87. The maximum atomic E-state index is 12.9. The fourth-order valence-corrected chi connectivity index (χ4v) is 3.34. The molecule has 9 heteroatoms. The van der Waals surface area contributed by atoms with Gasteiger partial charge in [0, 0.05) is 4.88 Å². The Kier molecular flexibility index (Phi) is 5.52. The number of hydrogen-bond donors (Lipinski definition) is 3. The van der Waals surface area contributed by atoms with Gasteiger partial charge in [0.1, 0.15) is 11.9 Å². The van der Waals surface area contributed by atoms with Crippen LogP contribution in [0, 0.1) is 0 Å². The van der Waals surface area contributed by atoms with Crippen molar-refractivity contribution >= 4 is 23.1 Å². The lowest BCUT2D eigenvalue weighted by Gasteiger charge is -2.15. The van der Waals surface area contributed by atoms with E-state index < -0.39 is 23.9 Å². The molecule has 0 spiro atoms. The molecule has 0 aliphatic heterocycles. The van der Waals surface area contributed by atoms with Gasteiger partial charge in [0.05, 0.1) is 28.9 Å². The molecule has 0 aliphatic rings. The van der Waals surface area contributed by atoms with Gasteiger partial charge < -0.3 is 20.2 Å². The minimum absolute atomic E-state index is 0.155. The van der Waals surface area contributed by atoms with Crippen molar-refractivity contribution in [2.45, 2.75) is 12.3 Å². The van der Waals surface area contributed by atoms with Gasteiger partial charge in [-0.3, -0.25) is 0 Å². The van der Waals surface area contributed by atoms with E-state index in [1.54, 1.807) is 24.3 Å². The van der Waals surface area contributed by atoms with Crippen LogP contribution in [0.25, 0.3) is 10.6 Å². The number of para-hydroxylation sites is 1. The summed E-state index contributed by atoms with van der Waals surface area (Å²) in [6.45, 7) is -0.155. The van der Waals surface area contributed by atoms with Crippen molar-refractivity contribution < 1.29 is 27.5 Å². The molecule has 0 radical (unpaired) electrons. The highest BCUT2D eigenvalue weighted by Gasteiger charge is 2.33. The Morgan fingerprint density at radius 3 is 2.63 bits per heavy atom. The molecule has 3 N–H and O–H groups in total. The van der Waals surface area contributed by atoms with Gasteiger partial charge in [0.25, 0.3) is 0 Å². The third kappa shape index (κ3) is 4.69. The summed E-state index contributed by atoms with van der Waals surface area (Å²) in [7, 11) is 0. The average molecular weight is 396 g/mol. The van der Waals surface area contributed by atoms with Crippen molar-refractivity contribution in [3.05, 3.63) is 65.2 Å². The normalized spacial score (nSPS) is 12.6. The number of carbonyl (C=O) groups excluding carboxylic acids is 1. The zero-order valence-corrected chi connectivity index (χ0v) is 14.6. The largest absolute Gasteiger partial charge is 0.464 e. The predicted octanol–water partition coefficient (Wildman–Crippen LogP) is 4.88. The smallest absolute Gasteiger partial charge is 0.418 e. The molecule has 1 atom stereocenters. The number of alkyl halides is 3. The van der Waals surface area contributed by atoms with E-state index in [0.29, 0.717) is 10.6 Å². The van der Waals surface area contributed by atoms with Crippen LogP contribution in [0.2, 0.25) is 0 Å². The molecule has 0 saturated carbocycles. The standard InChI is InChI=1S/C18H15F3N2O3S/c19-18(20,21)11-4-1-2-5-12(11)23-17(25)22-10-13(24)15-7-8-16(27-15)14-6-3-9-26-14/h1-9,13,24H,10H2,(H2,22,23,25). The van der Waals surface area contributed by atoms with E-state index in [2.05, 4.69) is 10.6 Å². The second-order valence-corrected chi connectivity index (χ2v) is 6.69. The van der Waals surface area contributed by atoms with Gasteiger partial charge in [-0.25, -0.2) is 4.79 Å². The number of aliphatic hydroxyl groups is 1. The molecule has 2 heterocycles. The van der Waals surface area contributed by atoms with Crippen LogP contribution < -0.4 is 10.6 Å². The summed E-state index contributed by atoms with van der Waals surface area (Å²) in [6.07, 6.45) is -4.04. The monoisotopic (exact) mass is 396 g/mol. The Morgan fingerprint density at radius 1 is 1.15 bits per heavy atom. The van der Waals surface area contributed by atoms with Crippen molar-refractivity contribution in [2.24, 2.45) is 0 Å². The van der Waals surface area contributed by atoms with Crippen LogP contribution in [0.4, 0.5) is 23.7 Å². The maximum Gasteiger partial charge on any atom is 0.418 e. The number of anilines is 1. The van der Waals surface area contributed by atoms with Crippen LogP contribution in [0.15, 0.2) is 59.2 Å². The third-order valence-electron chi connectivity index (χ3n) is 3.66. The molecule has 5 nitrogen and oxygen atoms in total. The molecular weight excluding hydrogens is 381 g/mol. The molecule has 3 aromatic rings. The first-order chi connectivity index (χ1) is 12.8. The highest BCUT2D eigenvalue weighted by molar-refractivity contribution is 7.15. The van der Waals surface area contributed by atoms with Crippen LogP contribution >= 0.6 is 11.3 Å². The second-order valence-electron chi connectivity index (χ2n) is 5.57. The van der Waals surface area contributed by atoms with Gasteiger partial charge in [-0.05, 0) is 36.4 Å². The summed E-state index contributed by atoms with van der Waals surface area (Å²) in [6, 6.07) is 10.8. The maximum absolute atomic E-state index is 12.9. The van der Waals surface area contributed by atoms with Crippen molar-refractivity contribution in [3.8, 4) is 10.6 Å². The molecule has 142 valence electrons. The minimum Gasteiger partial charge on any atom is -0.464 e. The highest BCUT2D eigenvalue weighted by atomic mass is 32.1. The Labute approximate surface area is 156 Å². The number of furan rings is 1. The number of carbonyl (C=O) groups is 1. The van der Waals surface area contributed by atoms with Crippen molar-refractivity contribution in [1.82, 2.24) is 5.32 Å². The van der Waals surface area contributed by atoms with Crippen molar-refractivity contribution in [3.63, 3.8) is 0 Å². The van der Waals surface area contributed by atoms with Crippen LogP contribution in [-0.4, -0.2) is 17.7 Å². The quantitative estimate of drug-likeness (QED) is 0.575. The molecule has 2 amide bonds. The summed E-state index contributed by atoms with van der Waals surface area (Å²) in [4.78, 5) is 13.3. The molecule has 2 aromatic heterocycles. The fraction of sp³-hybridized carbons (Fsp3) is 0.167. The lowest BCUT2D eigenvalue weighted by molar-refractivity contribution is -0.136. The number of nitrogens with one attached hydrogen (secondary N) is 2. The summed E-state index contributed by atoms with van der Waals surface area (Å²) >= 11 is 1.30. The molecular formula is C18H15F3N2O3S. The van der Waals surface area contributed by atoms with Gasteiger partial charge >= 0.3 is 12.2 Å². The van der Waals surface area contributed by atoms with E-state index >= 15 is 0 Å². The van der Waals surface area contributed by atoms with E-state index in [4.69, 9.17) is 4.42 Å². The minimum atomic E-state index is -4.58. The molecule has 0 saturated heterocycles. The molecule has 3 rings (SSSR count). The summed E-state index contributed by atoms with van der Waals surface area (Å²) in [5.41, 5.74) is -1.30. The lowest BCUT2D eigenvalue weighted by Crippen LogP contribution is -2.32. The number of amides is 2. The zero-order chi connectivity index (χ0) is 19.4. The summed E-state index contributed by atoms with van der Waals surface area (Å²) in [5, 5.41) is 14.7. The Morgan fingerprint density at radius 2 is 1.93 bits per heavy atom. The van der Waals surface area contributed by atoms with Gasteiger partial charge in [-0.15, -0.1) is 11.3 Å². The number of aliphatic hydroxyl groups excluding tert-OH is 1. The van der Waals surface area contributed by atoms with Gasteiger partial charge in [0.15, 0.2) is 0 Å². The number of benzene rings is 1. The topological polar surface area (TPSA) is 74.5 Å². The fourth-order valence-electron chi connectivity index (χ4n) is 2.38. The second kappa shape index (κ2) is 7.85. The first-order valence-corrected chi connectivity index (χ1v) is 8.69. The Balaban J connectivity index is 1.58. The molecule has 1 unspecified atom stereocenters. The number of urea groups is 1. The number of thiophene rings is 1. The summed E-state index contributed by atoms with van der Waals surface area (Å²) < 4.78 is 44.1. The molecule has 0 bridgehead atoms. The van der Waals surface area contributed by atoms with E-state index in [-0.39, 0.29) is 12.2 Å². The van der Waals surface area contributed by atoms with Gasteiger partial charge in [-0.2, -0.15) is 13.2 Å². The van der Waals surface area contributed by atoms with E-state index in [1.807, 2.05) is 0 Å². The molecule has 0 aliphatic carbocycles. The number of halogens is 3. The average Bonchev–Trinajstić information content (AvgIpc) is 3.30. The van der Waals surface area contributed by atoms with Crippen LogP contribution in [0.1, 0.15) is 16.5 Å². The highest BCUT2D eigenvalue weighted by Crippen LogP contribution is 2.34. The van der Waals surface area contributed by atoms with Crippen LogP contribution in [0.5, 0.6) is 0 Å². The molecule has 1 aromatic carbocycles. The van der Waals surface area contributed by atoms with Gasteiger partial charge in [-0.1, -0.05) is 12.1 Å². The first kappa shape index (κ1) is 19.0. The molecule has 27 heavy (non-hydrogen) atoms. The SMILES string of the molecule is O=C(NCC(O)c1ccc(-c2ccco2)s1)Nc1ccccc1C(F)(F)F. The summed E-state index contributed by atoms with van der Waals surface area (Å²) in [5.74, 6) is 0.660. The van der Waals surface area contributed by atoms with E-state index in [0.717, 1.165) is 17.0 Å². The Hall–Kier alpha value is -2.78. The van der Waals surface area contributed by atoms with Gasteiger partial charge in [0.2, 0.25) is 0 Å². The lowest BCUT2D eigenvalue weighted by atomic mass is 10.1. The zero-order valence-electron chi connectivity index (χ0n) is 13.8. The van der Waals surface area contributed by atoms with Crippen LogP contribution in [0.3, 0.4) is 0 Å². The predicted molar refractivity (Wildman–Crippen MR) is 95.4 cm³/mol. The third-order valence-corrected chi connectivity index (χ3v) is 4.86. The van der Waals surface area contributed by atoms with Crippen LogP contribution in [-0.2, 0) is 6.18 Å².